The third kappa shape index (κ3) is 2.44. The van der Waals surface area contributed by atoms with Gasteiger partial charge in [-0.25, -0.2) is 4.98 Å². The van der Waals surface area contributed by atoms with Gasteiger partial charge in [0, 0.05) is 18.3 Å². The molecule has 0 aliphatic heterocycles. The minimum absolute atomic E-state index is 0.0146. The Labute approximate surface area is 90.4 Å². The van der Waals surface area contributed by atoms with Crippen LogP contribution in [0.4, 0.5) is 13.2 Å². The number of halogens is 3. The highest BCUT2D eigenvalue weighted by molar-refractivity contribution is 5.20. The van der Waals surface area contributed by atoms with Crippen LogP contribution in [0.5, 0.6) is 5.88 Å². The van der Waals surface area contributed by atoms with Crippen LogP contribution in [0.2, 0.25) is 0 Å². The summed E-state index contributed by atoms with van der Waals surface area (Å²) in [6.07, 6.45) is -2.15. The van der Waals surface area contributed by atoms with Gasteiger partial charge < -0.3 is 10.5 Å². The fraction of sp³-hybridized carbons (Fsp3) is 0.500. The molecule has 3 nitrogen and oxygen atoms in total. The summed E-state index contributed by atoms with van der Waals surface area (Å²) in [4.78, 5) is 3.61. The summed E-state index contributed by atoms with van der Waals surface area (Å²) in [5, 5.41) is 0. The lowest BCUT2D eigenvalue weighted by Crippen LogP contribution is -2.43. The third-order valence-electron chi connectivity index (χ3n) is 2.48. The second-order valence-electron chi connectivity index (χ2n) is 3.85. The number of ether oxygens (including phenoxy) is 1. The molecule has 16 heavy (non-hydrogen) atoms. The lowest BCUT2D eigenvalue weighted by molar-refractivity contribution is -0.137. The van der Waals surface area contributed by atoms with Crippen LogP contribution in [-0.2, 0) is 6.18 Å². The van der Waals surface area contributed by atoms with E-state index in [-0.39, 0.29) is 18.0 Å². The molecule has 1 aromatic rings. The van der Waals surface area contributed by atoms with Crippen molar-refractivity contribution < 1.29 is 17.9 Å². The summed E-state index contributed by atoms with van der Waals surface area (Å²) in [5.41, 5.74) is 4.78. The van der Waals surface area contributed by atoms with Crippen molar-refractivity contribution in [1.82, 2.24) is 4.98 Å². The van der Waals surface area contributed by atoms with Gasteiger partial charge in [-0.1, -0.05) is 0 Å². The van der Waals surface area contributed by atoms with Gasteiger partial charge >= 0.3 is 6.18 Å². The summed E-state index contributed by atoms with van der Waals surface area (Å²) < 4.78 is 42.0. The van der Waals surface area contributed by atoms with Gasteiger partial charge in [-0.15, -0.1) is 0 Å². The van der Waals surface area contributed by atoms with E-state index in [1.807, 2.05) is 0 Å². The van der Waals surface area contributed by atoms with Gasteiger partial charge in [0.25, 0.3) is 0 Å². The second kappa shape index (κ2) is 3.93. The van der Waals surface area contributed by atoms with Gasteiger partial charge in [-0.3, -0.25) is 0 Å². The number of nitrogens with zero attached hydrogens (tertiary/aromatic N) is 1. The zero-order valence-corrected chi connectivity index (χ0v) is 8.37. The first-order valence-electron chi connectivity index (χ1n) is 4.90. The molecule has 0 amide bonds. The third-order valence-corrected chi connectivity index (χ3v) is 2.48. The molecule has 0 saturated heterocycles. The predicted octanol–water partition coefficient (Wildman–Crippen LogP) is 1.97. The van der Waals surface area contributed by atoms with E-state index in [9.17, 15) is 13.2 Å². The number of hydrogen-bond acceptors (Lipinski definition) is 3. The van der Waals surface area contributed by atoms with Crippen LogP contribution in [-0.4, -0.2) is 17.1 Å². The molecule has 1 fully saturated rings. The van der Waals surface area contributed by atoms with E-state index in [1.54, 1.807) is 0 Å². The van der Waals surface area contributed by atoms with E-state index in [0.29, 0.717) is 0 Å². The fourth-order valence-corrected chi connectivity index (χ4v) is 1.49. The lowest BCUT2D eigenvalue weighted by Gasteiger charge is -2.32. The Hall–Kier alpha value is -1.30. The molecule has 1 aliphatic rings. The standard InChI is InChI=1S/C10H11F3N2O/c11-10(12,13)6-1-2-9(15-5-6)16-8-3-7(14)4-8/h1-2,5,7-8H,3-4,14H2. The molecule has 1 aliphatic carbocycles. The van der Waals surface area contributed by atoms with Crippen LogP contribution in [0, 0.1) is 0 Å². The number of rotatable bonds is 2. The molecule has 2 rings (SSSR count). The molecular weight excluding hydrogens is 221 g/mol. The van der Waals surface area contributed by atoms with Crippen LogP contribution in [0.3, 0.4) is 0 Å². The topological polar surface area (TPSA) is 48.1 Å². The predicted molar refractivity (Wildman–Crippen MR) is 50.9 cm³/mol. The fourth-order valence-electron chi connectivity index (χ4n) is 1.49. The van der Waals surface area contributed by atoms with Gasteiger partial charge in [0.2, 0.25) is 5.88 Å². The van der Waals surface area contributed by atoms with Crippen molar-refractivity contribution in [3.8, 4) is 5.88 Å². The molecule has 0 radical (unpaired) electrons. The van der Waals surface area contributed by atoms with Gasteiger partial charge in [-0.05, 0) is 18.9 Å². The lowest BCUT2D eigenvalue weighted by atomic mass is 9.90. The van der Waals surface area contributed by atoms with Crippen LogP contribution < -0.4 is 10.5 Å². The average molecular weight is 232 g/mol. The highest BCUT2D eigenvalue weighted by atomic mass is 19.4. The van der Waals surface area contributed by atoms with E-state index in [0.717, 1.165) is 25.1 Å². The molecule has 0 atom stereocenters. The van der Waals surface area contributed by atoms with E-state index in [2.05, 4.69) is 4.98 Å². The maximum absolute atomic E-state index is 12.2. The zero-order chi connectivity index (χ0) is 11.8. The first-order chi connectivity index (χ1) is 7.45. The Morgan fingerprint density at radius 1 is 1.31 bits per heavy atom. The van der Waals surface area contributed by atoms with Gasteiger partial charge in [-0.2, -0.15) is 13.2 Å². The molecular formula is C10H11F3N2O. The Morgan fingerprint density at radius 3 is 2.44 bits per heavy atom. The number of nitrogens with two attached hydrogens (primary N) is 1. The summed E-state index contributed by atoms with van der Waals surface area (Å²) in [7, 11) is 0. The van der Waals surface area contributed by atoms with Crippen molar-refractivity contribution in [1.29, 1.82) is 0 Å². The van der Waals surface area contributed by atoms with Crippen LogP contribution in [0.25, 0.3) is 0 Å². The van der Waals surface area contributed by atoms with Crippen LogP contribution in [0.1, 0.15) is 18.4 Å². The molecule has 1 aromatic heterocycles. The number of aromatic nitrogens is 1. The van der Waals surface area contributed by atoms with Crippen LogP contribution >= 0.6 is 0 Å². The quantitative estimate of drug-likeness (QED) is 0.848. The molecule has 88 valence electrons. The Balaban J connectivity index is 1.97. The maximum Gasteiger partial charge on any atom is 0.417 e. The number of hydrogen-bond donors (Lipinski definition) is 1. The Morgan fingerprint density at radius 2 is 2.00 bits per heavy atom. The number of pyridine rings is 1. The van der Waals surface area contributed by atoms with Crippen molar-refractivity contribution in [2.24, 2.45) is 5.73 Å². The Kier molecular flexibility index (Phi) is 2.75. The van der Waals surface area contributed by atoms with Gasteiger partial charge in [0.1, 0.15) is 6.10 Å². The van der Waals surface area contributed by atoms with E-state index in [1.165, 1.54) is 6.07 Å². The molecule has 1 heterocycles. The number of alkyl halides is 3. The second-order valence-corrected chi connectivity index (χ2v) is 3.85. The van der Waals surface area contributed by atoms with Crippen molar-refractivity contribution in [3.05, 3.63) is 23.9 Å². The molecule has 0 bridgehead atoms. The van der Waals surface area contributed by atoms with Gasteiger partial charge in [0.15, 0.2) is 0 Å². The summed E-state index contributed by atoms with van der Waals surface area (Å²) >= 11 is 0. The van der Waals surface area contributed by atoms with Crippen LogP contribution in [0.15, 0.2) is 18.3 Å². The normalized spacial score (nSPS) is 25.0. The summed E-state index contributed by atoms with van der Waals surface area (Å²) in [6, 6.07) is 2.33. The molecule has 1 saturated carbocycles. The highest BCUT2D eigenvalue weighted by Crippen LogP contribution is 2.30. The van der Waals surface area contributed by atoms with E-state index < -0.39 is 11.7 Å². The Bertz CT molecular complexity index is 357. The van der Waals surface area contributed by atoms with Crippen molar-refractivity contribution in [2.45, 2.75) is 31.2 Å². The SMILES string of the molecule is NC1CC(Oc2ccc(C(F)(F)F)cn2)C1. The molecule has 6 heteroatoms. The first-order valence-corrected chi connectivity index (χ1v) is 4.90. The average Bonchev–Trinajstić information content (AvgIpc) is 2.15. The molecule has 0 spiro atoms. The van der Waals surface area contributed by atoms with E-state index >= 15 is 0 Å². The molecule has 0 aromatic carbocycles. The van der Waals surface area contributed by atoms with Gasteiger partial charge in [0.05, 0.1) is 5.56 Å². The summed E-state index contributed by atoms with van der Waals surface area (Å²) in [5.74, 6) is 0.213. The summed E-state index contributed by atoms with van der Waals surface area (Å²) in [6.45, 7) is 0. The zero-order valence-electron chi connectivity index (χ0n) is 8.37. The largest absolute Gasteiger partial charge is 0.474 e. The smallest absolute Gasteiger partial charge is 0.417 e. The molecule has 0 unspecified atom stereocenters. The van der Waals surface area contributed by atoms with Crippen molar-refractivity contribution in [3.63, 3.8) is 0 Å². The first kappa shape index (κ1) is 11.2. The van der Waals surface area contributed by atoms with Crippen molar-refractivity contribution >= 4 is 0 Å². The molecule has 2 N–H and O–H groups in total. The monoisotopic (exact) mass is 232 g/mol. The highest BCUT2D eigenvalue weighted by Gasteiger charge is 2.31. The minimum atomic E-state index is -4.36. The minimum Gasteiger partial charge on any atom is -0.474 e. The van der Waals surface area contributed by atoms with Crippen molar-refractivity contribution in [2.75, 3.05) is 0 Å². The maximum atomic E-state index is 12.2. The van der Waals surface area contributed by atoms with E-state index in [4.69, 9.17) is 10.5 Å².